The first-order valence-electron chi connectivity index (χ1n) is 5.89. The number of rotatable bonds is 3. The van der Waals surface area contributed by atoms with Crippen LogP contribution >= 0.6 is 11.3 Å². The first-order chi connectivity index (χ1) is 8.97. The second-order valence-electron chi connectivity index (χ2n) is 4.42. The highest BCUT2D eigenvalue weighted by Crippen LogP contribution is 2.17. The fraction of sp³-hybridized carbons (Fsp3) is 0.308. The van der Waals surface area contributed by atoms with Crippen molar-refractivity contribution < 1.29 is 4.79 Å². The van der Waals surface area contributed by atoms with Crippen LogP contribution in [0.5, 0.6) is 0 Å². The lowest BCUT2D eigenvalue weighted by atomic mass is 10.2. The Labute approximate surface area is 114 Å². The summed E-state index contributed by atoms with van der Waals surface area (Å²) in [5.41, 5.74) is 1.49. The normalized spacial score (nSPS) is 12.2. The van der Waals surface area contributed by atoms with E-state index in [1.807, 2.05) is 19.2 Å². The Kier molecular flexibility index (Phi) is 3.80. The standard InChI is InChI=1S/C13H15N3O2S/c1-7-4-11(17)10(5-14-7)12(18)16-9(3)13-15-8(2)6-19-13/h4-6,9H,1-3H3,(H,14,17)(H,16,18). The molecule has 0 fully saturated rings. The van der Waals surface area contributed by atoms with Crippen LogP contribution in [0.1, 0.15) is 39.7 Å². The van der Waals surface area contributed by atoms with Gasteiger partial charge >= 0.3 is 0 Å². The molecule has 0 aliphatic carbocycles. The summed E-state index contributed by atoms with van der Waals surface area (Å²) in [5, 5.41) is 5.53. The van der Waals surface area contributed by atoms with Crippen LogP contribution in [0, 0.1) is 13.8 Å². The summed E-state index contributed by atoms with van der Waals surface area (Å²) in [6.45, 7) is 5.52. The summed E-state index contributed by atoms with van der Waals surface area (Å²) in [6, 6.07) is 1.19. The van der Waals surface area contributed by atoms with Crippen molar-refractivity contribution in [1.29, 1.82) is 0 Å². The van der Waals surface area contributed by atoms with Crippen LogP contribution in [-0.2, 0) is 0 Å². The van der Waals surface area contributed by atoms with Crippen LogP contribution < -0.4 is 10.7 Å². The molecule has 0 aromatic carbocycles. The Morgan fingerprint density at radius 1 is 1.47 bits per heavy atom. The number of aromatic amines is 1. The Balaban J connectivity index is 2.15. The highest BCUT2D eigenvalue weighted by Gasteiger charge is 2.16. The fourth-order valence-electron chi connectivity index (χ4n) is 1.66. The zero-order valence-corrected chi connectivity index (χ0v) is 11.8. The topological polar surface area (TPSA) is 74.8 Å². The fourth-order valence-corrected chi connectivity index (χ4v) is 2.46. The van der Waals surface area contributed by atoms with Gasteiger partial charge in [0.2, 0.25) is 0 Å². The predicted octanol–water partition coefficient (Wildman–Crippen LogP) is 1.94. The molecule has 0 saturated carbocycles. The van der Waals surface area contributed by atoms with Crippen molar-refractivity contribution in [3.05, 3.63) is 49.8 Å². The summed E-state index contributed by atoms with van der Waals surface area (Å²) in [6.07, 6.45) is 1.44. The quantitative estimate of drug-likeness (QED) is 0.900. The molecule has 2 N–H and O–H groups in total. The van der Waals surface area contributed by atoms with E-state index in [9.17, 15) is 9.59 Å². The van der Waals surface area contributed by atoms with Gasteiger partial charge in [-0.15, -0.1) is 11.3 Å². The Bertz CT molecular complexity index is 660. The van der Waals surface area contributed by atoms with E-state index < -0.39 is 0 Å². The molecule has 0 radical (unpaired) electrons. The van der Waals surface area contributed by atoms with Gasteiger partial charge in [0.15, 0.2) is 5.43 Å². The Hall–Kier alpha value is -1.95. The highest BCUT2D eigenvalue weighted by atomic mass is 32.1. The number of aromatic nitrogens is 2. The van der Waals surface area contributed by atoms with Gasteiger partial charge in [0.05, 0.1) is 6.04 Å². The van der Waals surface area contributed by atoms with Crippen molar-refractivity contribution in [3.63, 3.8) is 0 Å². The second-order valence-corrected chi connectivity index (χ2v) is 5.31. The lowest BCUT2D eigenvalue weighted by molar-refractivity contribution is 0.0938. The highest BCUT2D eigenvalue weighted by molar-refractivity contribution is 7.09. The first kappa shape index (κ1) is 13.5. The molecule has 0 saturated heterocycles. The van der Waals surface area contributed by atoms with E-state index >= 15 is 0 Å². The van der Waals surface area contributed by atoms with Gasteiger partial charge in [-0.05, 0) is 20.8 Å². The Morgan fingerprint density at radius 2 is 2.21 bits per heavy atom. The van der Waals surface area contributed by atoms with Crippen LogP contribution in [0.25, 0.3) is 0 Å². The third kappa shape index (κ3) is 3.08. The van der Waals surface area contributed by atoms with E-state index in [1.54, 1.807) is 6.92 Å². The van der Waals surface area contributed by atoms with Crippen LogP contribution in [-0.4, -0.2) is 15.9 Å². The number of carbonyl (C=O) groups excluding carboxylic acids is 1. The van der Waals surface area contributed by atoms with Gasteiger partial charge in [-0.3, -0.25) is 9.59 Å². The molecule has 0 aliphatic heterocycles. The van der Waals surface area contributed by atoms with Gasteiger partial charge in [0, 0.05) is 29.0 Å². The summed E-state index contributed by atoms with van der Waals surface area (Å²) in [7, 11) is 0. The van der Waals surface area contributed by atoms with E-state index in [0.29, 0.717) is 0 Å². The number of amides is 1. The summed E-state index contributed by atoms with van der Waals surface area (Å²) in [5.74, 6) is -0.387. The molecule has 1 unspecified atom stereocenters. The lowest BCUT2D eigenvalue weighted by Gasteiger charge is -2.10. The third-order valence-electron chi connectivity index (χ3n) is 2.66. The van der Waals surface area contributed by atoms with E-state index in [1.165, 1.54) is 23.6 Å². The molecule has 0 bridgehead atoms. The molecule has 1 amide bonds. The maximum atomic E-state index is 12.0. The lowest BCUT2D eigenvalue weighted by Crippen LogP contribution is -2.30. The first-order valence-corrected chi connectivity index (χ1v) is 6.77. The van der Waals surface area contributed by atoms with E-state index in [0.717, 1.165) is 16.4 Å². The summed E-state index contributed by atoms with van der Waals surface area (Å²) >= 11 is 1.49. The van der Waals surface area contributed by atoms with Gasteiger partial charge in [-0.1, -0.05) is 0 Å². The van der Waals surface area contributed by atoms with Crippen LogP contribution in [0.15, 0.2) is 22.4 Å². The number of thiazole rings is 1. The van der Waals surface area contributed by atoms with Crippen LogP contribution in [0.3, 0.4) is 0 Å². The third-order valence-corrected chi connectivity index (χ3v) is 3.80. The number of hydrogen-bond donors (Lipinski definition) is 2. The summed E-state index contributed by atoms with van der Waals surface area (Å²) < 4.78 is 0. The minimum Gasteiger partial charge on any atom is -0.364 e. The maximum absolute atomic E-state index is 12.0. The molecule has 2 rings (SSSR count). The van der Waals surface area contributed by atoms with Crippen molar-refractivity contribution in [3.8, 4) is 0 Å². The molecule has 100 valence electrons. The molecular formula is C13H15N3O2S. The molecule has 2 aromatic heterocycles. The van der Waals surface area contributed by atoms with E-state index in [-0.39, 0.29) is 22.9 Å². The zero-order valence-electron chi connectivity index (χ0n) is 11.0. The molecule has 2 heterocycles. The van der Waals surface area contributed by atoms with E-state index in [4.69, 9.17) is 0 Å². The average Bonchev–Trinajstić information content (AvgIpc) is 2.75. The van der Waals surface area contributed by atoms with Gasteiger partial charge in [0.25, 0.3) is 5.91 Å². The van der Waals surface area contributed by atoms with Crippen molar-refractivity contribution in [2.45, 2.75) is 26.8 Å². The predicted molar refractivity (Wildman–Crippen MR) is 74.5 cm³/mol. The molecule has 1 atom stereocenters. The molecule has 0 aliphatic rings. The van der Waals surface area contributed by atoms with Crippen LogP contribution in [0.4, 0.5) is 0 Å². The molecule has 2 aromatic rings. The largest absolute Gasteiger partial charge is 0.364 e. The maximum Gasteiger partial charge on any atom is 0.257 e. The molecule has 5 nitrogen and oxygen atoms in total. The smallest absolute Gasteiger partial charge is 0.257 e. The van der Waals surface area contributed by atoms with Crippen molar-refractivity contribution in [1.82, 2.24) is 15.3 Å². The van der Waals surface area contributed by atoms with Crippen molar-refractivity contribution in [2.75, 3.05) is 0 Å². The minimum atomic E-state index is -0.387. The molecule has 6 heteroatoms. The van der Waals surface area contributed by atoms with Crippen molar-refractivity contribution >= 4 is 17.2 Å². The SMILES string of the molecule is Cc1csc(C(C)NC(=O)c2c[nH]c(C)cc2=O)n1. The molecule has 19 heavy (non-hydrogen) atoms. The monoisotopic (exact) mass is 277 g/mol. The number of pyridine rings is 1. The van der Waals surface area contributed by atoms with Crippen LogP contribution in [0.2, 0.25) is 0 Å². The number of carbonyl (C=O) groups is 1. The van der Waals surface area contributed by atoms with E-state index in [2.05, 4.69) is 15.3 Å². The zero-order chi connectivity index (χ0) is 14.0. The number of nitrogens with one attached hydrogen (secondary N) is 2. The second kappa shape index (κ2) is 5.36. The van der Waals surface area contributed by atoms with Gasteiger partial charge in [-0.2, -0.15) is 0 Å². The van der Waals surface area contributed by atoms with Gasteiger partial charge < -0.3 is 10.3 Å². The minimum absolute atomic E-state index is 0.116. The molecular weight excluding hydrogens is 262 g/mol. The van der Waals surface area contributed by atoms with Crippen molar-refractivity contribution in [2.24, 2.45) is 0 Å². The number of H-pyrrole nitrogens is 1. The molecule has 0 spiro atoms. The Morgan fingerprint density at radius 3 is 2.79 bits per heavy atom. The number of aryl methyl sites for hydroxylation is 2. The number of nitrogens with zero attached hydrogens (tertiary/aromatic N) is 1. The summed E-state index contributed by atoms with van der Waals surface area (Å²) in [4.78, 5) is 30.9. The van der Waals surface area contributed by atoms with Gasteiger partial charge in [0.1, 0.15) is 10.6 Å². The van der Waals surface area contributed by atoms with Gasteiger partial charge in [-0.25, -0.2) is 4.98 Å². The number of hydrogen-bond acceptors (Lipinski definition) is 4. The average molecular weight is 277 g/mol.